The molecule has 5 heteroatoms. The van der Waals surface area contributed by atoms with Gasteiger partial charge in [0.2, 0.25) is 0 Å². The predicted molar refractivity (Wildman–Crippen MR) is 68.8 cm³/mol. The quantitative estimate of drug-likeness (QED) is 0.768. The molecule has 0 saturated heterocycles. The number of carbonyl (C=O) groups is 1. The maximum Gasteiger partial charge on any atom is 0.253 e. The highest BCUT2D eigenvalue weighted by Crippen LogP contribution is 2.40. The fraction of sp³-hybridized carbons (Fsp3) is 0.462. The van der Waals surface area contributed by atoms with Gasteiger partial charge in [0.1, 0.15) is 5.75 Å². The van der Waals surface area contributed by atoms with E-state index in [1.165, 1.54) is 18.2 Å². The minimum Gasteiger partial charge on any atom is -0.508 e. The molecule has 1 aliphatic carbocycles. The minimum atomic E-state index is -0.401. The highest BCUT2D eigenvalue weighted by atomic mass is 35.5. The first-order valence-electron chi connectivity index (χ1n) is 5.80. The predicted octanol–water partition coefficient (Wildman–Crippen LogP) is 1.93. The van der Waals surface area contributed by atoms with Crippen LogP contribution in [0.25, 0.3) is 0 Å². The molecule has 1 fully saturated rings. The van der Waals surface area contributed by atoms with Crippen LogP contribution in [0.4, 0.5) is 0 Å². The van der Waals surface area contributed by atoms with Crippen LogP contribution in [-0.4, -0.2) is 28.3 Å². The first kappa shape index (κ1) is 13.2. The minimum absolute atomic E-state index is 0.00236. The van der Waals surface area contributed by atoms with E-state index in [0.717, 1.165) is 0 Å². The number of benzene rings is 1. The zero-order chi connectivity index (χ0) is 13.5. The molecule has 2 unspecified atom stereocenters. The molecule has 98 valence electrons. The molecule has 0 spiro atoms. The van der Waals surface area contributed by atoms with E-state index in [0.29, 0.717) is 11.4 Å². The largest absolute Gasteiger partial charge is 0.508 e. The Labute approximate surface area is 111 Å². The van der Waals surface area contributed by atoms with Crippen molar-refractivity contribution >= 4 is 17.5 Å². The number of rotatable bonds is 2. The second-order valence-electron chi connectivity index (χ2n) is 5.26. The van der Waals surface area contributed by atoms with Gasteiger partial charge in [-0.25, -0.2) is 0 Å². The third-order valence-corrected chi connectivity index (χ3v) is 4.05. The summed E-state index contributed by atoms with van der Waals surface area (Å²) in [6, 6.07) is 4.15. The van der Waals surface area contributed by atoms with Crippen LogP contribution in [0.1, 0.15) is 30.6 Å². The van der Waals surface area contributed by atoms with Gasteiger partial charge in [-0.2, -0.15) is 0 Å². The maximum absolute atomic E-state index is 12.0. The van der Waals surface area contributed by atoms with Crippen molar-refractivity contribution in [3.05, 3.63) is 28.8 Å². The van der Waals surface area contributed by atoms with Crippen molar-refractivity contribution in [3.63, 3.8) is 0 Å². The SMILES string of the molecule is CC1(C)C(O)CC1NC(=O)c1cc(O)ccc1Cl. The average Bonchev–Trinajstić information content (AvgIpc) is 2.31. The molecule has 0 heterocycles. The Kier molecular flexibility index (Phi) is 3.25. The van der Waals surface area contributed by atoms with Gasteiger partial charge in [0.15, 0.2) is 0 Å². The first-order valence-corrected chi connectivity index (χ1v) is 6.17. The van der Waals surface area contributed by atoms with Gasteiger partial charge in [-0.15, -0.1) is 0 Å². The van der Waals surface area contributed by atoms with E-state index < -0.39 is 6.10 Å². The third kappa shape index (κ3) is 2.18. The van der Waals surface area contributed by atoms with E-state index >= 15 is 0 Å². The van der Waals surface area contributed by atoms with Gasteiger partial charge in [0.25, 0.3) is 5.91 Å². The lowest BCUT2D eigenvalue weighted by Crippen LogP contribution is -2.61. The molecule has 4 nitrogen and oxygen atoms in total. The van der Waals surface area contributed by atoms with Crippen molar-refractivity contribution < 1.29 is 15.0 Å². The van der Waals surface area contributed by atoms with Gasteiger partial charge < -0.3 is 15.5 Å². The Hall–Kier alpha value is -1.26. The fourth-order valence-corrected chi connectivity index (χ4v) is 2.27. The maximum atomic E-state index is 12.0. The molecule has 0 aliphatic heterocycles. The van der Waals surface area contributed by atoms with Crippen molar-refractivity contribution in [1.82, 2.24) is 5.32 Å². The first-order chi connectivity index (χ1) is 8.32. The van der Waals surface area contributed by atoms with Crippen molar-refractivity contribution in [3.8, 4) is 5.75 Å². The Morgan fingerprint density at radius 2 is 2.17 bits per heavy atom. The Morgan fingerprint density at radius 3 is 2.72 bits per heavy atom. The number of phenols is 1. The van der Waals surface area contributed by atoms with Crippen LogP contribution < -0.4 is 5.32 Å². The van der Waals surface area contributed by atoms with Crippen LogP contribution in [0.5, 0.6) is 5.75 Å². The summed E-state index contributed by atoms with van der Waals surface area (Å²) < 4.78 is 0. The number of phenolic OH excluding ortho intramolecular Hbond substituents is 1. The molecule has 0 bridgehead atoms. The molecule has 1 amide bonds. The summed E-state index contributed by atoms with van der Waals surface area (Å²) in [7, 11) is 0. The number of hydrogen-bond acceptors (Lipinski definition) is 3. The third-order valence-electron chi connectivity index (χ3n) is 3.72. The molecule has 1 aromatic carbocycles. The molecule has 18 heavy (non-hydrogen) atoms. The Balaban J connectivity index is 2.12. The van der Waals surface area contributed by atoms with Crippen LogP contribution in [0.3, 0.4) is 0 Å². The van der Waals surface area contributed by atoms with Crippen LogP contribution >= 0.6 is 11.6 Å². The van der Waals surface area contributed by atoms with Crippen LogP contribution in [0.15, 0.2) is 18.2 Å². The van der Waals surface area contributed by atoms with Gasteiger partial charge in [-0.3, -0.25) is 4.79 Å². The second kappa shape index (κ2) is 4.44. The Morgan fingerprint density at radius 1 is 1.50 bits per heavy atom. The summed E-state index contributed by atoms with van der Waals surface area (Å²) in [6.07, 6.45) is 0.136. The standard InChI is InChI=1S/C13H16ClNO3/c1-13(2)10(6-11(13)17)15-12(18)8-5-7(16)3-4-9(8)14/h3-5,10-11,16-17H,6H2,1-2H3,(H,15,18). The van der Waals surface area contributed by atoms with Crippen molar-refractivity contribution in [1.29, 1.82) is 0 Å². The number of nitrogens with one attached hydrogen (secondary N) is 1. The summed E-state index contributed by atoms with van der Waals surface area (Å²) in [5, 5.41) is 22.1. The monoisotopic (exact) mass is 269 g/mol. The second-order valence-corrected chi connectivity index (χ2v) is 5.67. The fourth-order valence-electron chi connectivity index (χ4n) is 2.07. The number of halogens is 1. The molecule has 0 aromatic heterocycles. The van der Waals surface area contributed by atoms with Crippen molar-refractivity contribution in [2.45, 2.75) is 32.4 Å². The van der Waals surface area contributed by atoms with Crippen LogP contribution in [-0.2, 0) is 0 Å². The summed E-state index contributed by atoms with van der Waals surface area (Å²) >= 11 is 5.91. The van der Waals surface area contributed by atoms with Gasteiger partial charge in [0.05, 0.1) is 16.7 Å². The molecule has 3 N–H and O–H groups in total. The molecular weight excluding hydrogens is 254 g/mol. The molecule has 1 saturated carbocycles. The summed E-state index contributed by atoms with van der Waals surface area (Å²) in [5.74, 6) is -0.335. The lowest BCUT2D eigenvalue weighted by Gasteiger charge is -2.49. The van der Waals surface area contributed by atoms with Gasteiger partial charge >= 0.3 is 0 Å². The Bertz CT molecular complexity index is 487. The van der Waals surface area contributed by atoms with E-state index in [-0.39, 0.29) is 28.7 Å². The normalized spacial score (nSPS) is 25.3. The topological polar surface area (TPSA) is 69.6 Å². The lowest BCUT2D eigenvalue weighted by atomic mass is 9.64. The summed E-state index contributed by atoms with van der Waals surface area (Å²) in [5.41, 5.74) is -0.0901. The number of aromatic hydroxyl groups is 1. The number of carbonyl (C=O) groups excluding carboxylic acids is 1. The smallest absolute Gasteiger partial charge is 0.253 e. The zero-order valence-electron chi connectivity index (χ0n) is 10.3. The summed E-state index contributed by atoms with van der Waals surface area (Å²) in [6.45, 7) is 3.80. The molecular formula is C13H16ClNO3. The molecule has 2 atom stereocenters. The number of aliphatic hydroxyl groups is 1. The van der Waals surface area contributed by atoms with Gasteiger partial charge in [-0.05, 0) is 24.6 Å². The van der Waals surface area contributed by atoms with Crippen molar-refractivity contribution in [2.24, 2.45) is 5.41 Å². The molecule has 0 radical (unpaired) electrons. The highest BCUT2D eigenvalue weighted by Gasteiger charge is 2.48. The lowest BCUT2D eigenvalue weighted by molar-refractivity contribution is -0.0689. The number of aliphatic hydroxyl groups excluding tert-OH is 1. The van der Waals surface area contributed by atoms with E-state index in [1.807, 2.05) is 13.8 Å². The molecule has 2 rings (SSSR count). The number of amides is 1. The molecule has 1 aliphatic rings. The van der Waals surface area contributed by atoms with E-state index in [2.05, 4.69) is 5.32 Å². The van der Waals surface area contributed by atoms with E-state index in [4.69, 9.17) is 11.6 Å². The highest BCUT2D eigenvalue weighted by molar-refractivity contribution is 6.33. The average molecular weight is 270 g/mol. The zero-order valence-corrected chi connectivity index (χ0v) is 11.0. The van der Waals surface area contributed by atoms with E-state index in [1.54, 1.807) is 0 Å². The van der Waals surface area contributed by atoms with Gasteiger partial charge in [-0.1, -0.05) is 25.4 Å². The number of hydrogen-bond donors (Lipinski definition) is 3. The van der Waals surface area contributed by atoms with Crippen molar-refractivity contribution in [2.75, 3.05) is 0 Å². The molecule has 1 aromatic rings. The van der Waals surface area contributed by atoms with Crippen LogP contribution in [0, 0.1) is 5.41 Å². The van der Waals surface area contributed by atoms with E-state index in [9.17, 15) is 15.0 Å². The summed E-state index contributed by atoms with van der Waals surface area (Å²) in [4.78, 5) is 12.0. The van der Waals surface area contributed by atoms with Crippen LogP contribution in [0.2, 0.25) is 5.02 Å². The van der Waals surface area contributed by atoms with Gasteiger partial charge in [0, 0.05) is 11.5 Å².